The average Bonchev–Trinajstić information content (AvgIpc) is 2.17. The second-order valence-corrected chi connectivity index (χ2v) is 5.29. The van der Waals surface area contributed by atoms with Crippen LogP contribution >= 0.6 is 0 Å². The second-order valence-electron chi connectivity index (χ2n) is 5.29. The normalized spacial score (nSPS) is 32.1. The van der Waals surface area contributed by atoms with Crippen LogP contribution in [-0.4, -0.2) is 0 Å². The summed E-state index contributed by atoms with van der Waals surface area (Å²) in [5, 5.41) is 0. The first kappa shape index (κ1) is 11.1. The second kappa shape index (κ2) is 5.02. The van der Waals surface area contributed by atoms with Gasteiger partial charge in [-0.05, 0) is 36.5 Å². The van der Waals surface area contributed by atoms with E-state index in [1.807, 2.05) is 0 Å². The lowest BCUT2D eigenvalue weighted by Crippen LogP contribution is -2.22. The molecule has 0 heterocycles. The van der Waals surface area contributed by atoms with E-state index < -0.39 is 0 Å². The molecule has 1 fully saturated rings. The summed E-state index contributed by atoms with van der Waals surface area (Å²) >= 11 is 0. The van der Waals surface area contributed by atoms with E-state index in [0.29, 0.717) is 0 Å². The zero-order valence-electron chi connectivity index (χ0n) is 9.84. The highest BCUT2D eigenvalue weighted by Crippen LogP contribution is 2.37. The van der Waals surface area contributed by atoms with Crippen LogP contribution in [-0.2, 0) is 0 Å². The highest BCUT2D eigenvalue weighted by Gasteiger charge is 2.25. The number of rotatable bonds is 3. The third kappa shape index (κ3) is 3.00. The quantitative estimate of drug-likeness (QED) is 0.603. The van der Waals surface area contributed by atoms with Crippen molar-refractivity contribution in [1.29, 1.82) is 0 Å². The van der Waals surface area contributed by atoms with E-state index in [9.17, 15) is 0 Å². The van der Waals surface area contributed by atoms with Crippen LogP contribution in [0.1, 0.15) is 59.8 Å². The van der Waals surface area contributed by atoms with Crippen molar-refractivity contribution in [3.05, 3.63) is 0 Å². The van der Waals surface area contributed by atoms with Gasteiger partial charge in [0.15, 0.2) is 0 Å². The molecule has 1 unspecified atom stereocenters. The van der Waals surface area contributed by atoms with Gasteiger partial charge in [-0.15, -0.1) is 0 Å². The van der Waals surface area contributed by atoms with E-state index in [-0.39, 0.29) is 0 Å². The molecule has 0 N–H and O–H groups in total. The van der Waals surface area contributed by atoms with Gasteiger partial charge in [-0.3, -0.25) is 0 Å². The summed E-state index contributed by atoms with van der Waals surface area (Å²) in [6.45, 7) is 9.53. The first-order valence-electron chi connectivity index (χ1n) is 6.15. The summed E-state index contributed by atoms with van der Waals surface area (Å²) < 4.78 is 0. The van der Waals surface area contributed by atoms with Crippen LogP contribution in [0, 0.1) is 23.7 Å². The summed E-state index contributed by atoms with van der Waals surface area (Å²) in [6.07, 6.45) is 7.40. The Morgan fingerprint density at radius 2 is 1.54 bits per heavy atom. The monoisotopic (exact) mass is 182 g/mol. The minimum Gasteiger partial charge on any atom is -0.0651 e. The van der Waals surface area contributed by atoms with E-state index in [4.69, 9.17) is 0 Å². The molecule has 1 aliphatic rings. The van der Waals surface area contributed by atoms with Gasteiger partial charge >= 0.3 is 0 Å². The standard InChI is InChI=1S/C13H26/c1-5-12-6-8-13(9-7-12)11(4)10(2)3/h10-13H,5-9H2,1-4H3. The minimum atomic E-state index is 0.878. The summed E-state index contributed by atoms with van der Waals surface area (Å²) in [5.74, 6) is 3.90. The molecule has 0 heteroatoms. The fourth-order valence-electron chi connectivity index (χ4n) is 2.67. The zero-order valence-corrected chi connectivity index (χ0v) is 9.84. The van der Waals surface area contributed by atoms with E-state index in [1.165, 1.54) is 32.1 Å². The Morgan fingerprint density at radius 3 is 1.92 bits per heavy atom. The zero-order chi connectivity index (χ0) is 9.84. The van der Waals surface area contributed by atoms with Gasteiger partial charge in [0.05, 0.1) is 0 Å². The summed E-state index contributed by atoms with van der Waals surface area (Å²) in [7, 11) is 0. The topological polar surface area (TPSA) is 0 Å². The molecule has 0 aromatic carbocycles. The predicted molar refractivity (Wildman–Crippen MR) is 59.7 cm³/mol. The fourth-order valence-corrected chi connectivity index (χ4v) is 2.67. The molecule has 0 aromatic heterocycles. The van der Waals surface area contributed by atoms with Crippen LogP contribution in [0.25, 0.3) is 0 Å². The first-order valence-corrected chi connectivity index (χ1v) is 6.15. The van der Waals surface area contributed by atoms with E-state index >= 15 is 0 Å². The third-order valence-corrected chi connectivity index (χ3v) is 4.26. The molecule has 1 rings (SSSR count). The maximum atomic E-state index is 2.45. The molecule has 0 bridgehead atoms. The Labute approximate surface area is 84.1 Å². The molecule has 0 radical (unpaired) electrons. The molecule has 78 valence electrons. The molecule has 0 amide bonds. The van der Waals surface area contributed by atoms with Crippen molar-refractivity contribution < 1.29 is 0 Å². The summed E-state index contributed by atoms with van der Waals surface area (Å²) in [6, 6.07) is 0. The van der Waals surface area contributed by atoms with E-state index in [2.05, 4.69) is 27.7 Å². The van der Waals surface area contributed by atoms with Crippen molar-refractivity contribution in [3.8, 4) is 0 Å². The lowest BCUT2D eigenvalue weighted by atomic mass is 9.72. The molecule has 13 heavy (non-hydrogen) atoms. The maximum absolute atomic E-state index is 2.45. The highest BCUT2D eigenvalue weighted by molar-refractivity contribution is 4.76. The van der Waals surface area contributed by atoms with E-state index in [0.717, 1.165) is 23.7 Å². The van der Waals surface area contributed by atoms with Gasteiger partial charge in [0.2, 0.25) is 0 Å². The molecular weight excluding hydrogens is 156 g/mol. The molecule has 0 saturated heterocycles. The Bertz CT molecular complexity index is 129. The molecule has 1 saturated carbocycles. The predicted octanol–water partition coefficient (Wildman–Crippen LogP) is 4.49. The van der Waals surface area contributed by atoms with Crippen LogP contribution in [0.2, 0.25) is 0 Å². The van der Waals surface area contributed by atoms with Crippen LogP contribution in [0.15, 0.2) is 0 Å². The minimum absolute atomic E-state index is 0.878. The SMILES string of the molecule is CCC1CCC(C(C)C(C)C)CC1. The largest absolute Gasteiger partial charge is 0.0651 e. The Morgan fingerprint density at radius 1 is 1.00 bits per heavy atom. The number of hydrogen-bond acceptors (Lipinski definition) is 0. The summed E-state index contributed by atoms with van der Waals surface area (Å²) in [4.78, 5) is 0. The molecule has 1 aliphatic carbocycles. The van der Waals surface area contributed by atoms with Gasteiger partial charge < -0.3 is 0 Å². The molecule has 0 aliphatic heterocycles. The van der Waals surface area contributed by atoms with Gasteiger partial charge in [-0.2, -0.15) is 0 Å². The van der Waals surface area contributed by atoms with Gasteiger partial charge in [0.25, 0.3) is 0 Å². The highest BCUT2D eigenvalue weighted by atomic mass is 14.3. The van der Waals surface area contributed by atoms with Crippen LogP contribution in [0.4, 0.5) is 0 Å². The lowest BCUT2D eigenvalue weighted by Gasteiger charge is -2.33. The molecule has 0 spiro atoms. The third-order valence-electron chi connectivity index (χ3n) is 4.26. The summed E-state index contributed by atoms with van der Waals surface area (Å²) in [5.41, 5.74) is 0. The van der Waals surface area contributed by atoms with Crippen molar-refractivity contribution >= 4 is 0 Å². The molecule has 0 aromatic rings. The van der Waals surface area contributed by atoms with Crippen LogP contribution < -0.4 is 0 Å². The smallest absolute Gasteiger partial charge is 0.0386 e. The molecular formula is C13H26. The van der Waals surface area contributed by atoms with Crippen molar-refractivity contribution in [2.24, 2.45) is 23.7 Å². The van der Waals surface area contributed by atoms with Crippen LogP contribution in [0.3, 0.4) is 0 Å². The van der Waals surface area contributed by atoms with Gasteiger partial charge in [-0.1, -0.05) is 47.0 Å². The van der Waals surface area contributed by atoms with Gasteiger partial charge in [0.1, 0.15) is 0 Å². The maximum Gasteiger partial charge on any atom is -0.0386 e. The first-order chi connectivity index (χ1) is 6.15. The molecule has 0 nitrogen and oxygen atoms in total. The van der Waals surface area contributed by atoms with Crippen molar-refractivity contribution in [3.63, 3.8) is 0 Å². The van der Waals surface area contributed by atoms with E-state index in [1.54, 1.807) is 0 Å². The van der Waals surface area contributed by atoms with Crippen molar-refractivity contribution in [1.82, 2.24) is 0 Å². The van der Waals surface area contributed by atoms with Crippen molar-refractivity contribution in [2.75, 3.05) is 0 Å². The van der Waals surface area contributed by atoms with Gasteiger partial charge in [-0.25, -0.2) is 0 Å². The Balaban J connectivity index is 2.32. The fraction of sp³-hybridized carbons (Fsp3) is 1.00. The number of hydrogen-bond donors (Lipinski definition) is 0. The molecule has 1 atom stereocenters. The Hall–Kier alpha value is 0. The van der Waals surface area contributed by atoms with Crippen LogP contribution in [0.5, 0.6) is 0 Å². The Kier molecular flexibility index (Phi) is 4.28. The van der Waals surface area contributed by atoms with Gasteiger partial charge in [0, 0.05) is 0 Å². The lowest BCUT2D eigenvalue weighted by molar-refractivity contribution is 0.177. The average molecular weight is 182 g/mol. The van der Waals surface area contributed by atoms with Crippen molar-refractivity contribution in [2.45, 2.75) is 59.8 Å².